The molecular formula is C24H26O3. The summed E-state index contributed by atoms with van der Waals surface area (Å²) in [6, 6.07) is 25.6. The third kappa shape index (κ3) is 4.98. The van der Waals surface area contributed by atoms with Crippen LogP contribution in [0.4, 0.5) is 0 Å². The first-order chi connectivity index (χ1) is 13.2. The first-order valence-corrected chi connectivity index (χ1v) is 9.10. The van der Waals surface area contributed by atoms with Crippen LogP contribution in [0.2, 0.25) is 0 Å². The number of ether oxygens (including phenoxy) is 2. The van der Waals surface area contributed by atoms with E-state index in [1.54, 1.807) is 7.11 Å². The number of rotatable bonds is 5. The molecule has 1 atom stereocenters. The van der Waals surface area contributed by atoms with E-state index in [9.17, 15) is 4.79 Å². The van der Waals surface area contributed by atoms with Crippen LogP contribution >= 0.6 is 0 Å². The largest absolute Gasteiger partial charge is 0.497 e. The number of esters is 1. The predicted molar refractivity (Wildman–Crippen MR) is 110 cm³/mol. The molecule has 3 rings (SSSR count). The maximum atomic E-state index is 12.3. The molecule has 140 valence electrons. The van der Waals surface area contributed by atoms with Crippen LogP contribution in [-0.2, 0) is 9.53 Å². The van der Waals surface area contributed by atoms with Crippen LogP contribution in [-0.4, -0.2) is 20.2 Å². The standard InChI is InChI=1S/C22H20O3.C2H6/c1-24-20-14-12-17(13-15-20)16-8-10-19(11-9-16)21(22(23)25-2)18-6-4-3-5-7-18;1-2/h3-15,21H,1-2H3;1-2H3. The first-order valence-electron chi connectivity index (χ1n) is 9.10. The lowest BCUT2D eigenvalue weighted by molar-refractivity contribution is -0.141. The normalized spacial score (nSPS) is 11.0. The Labute approximate surface area is 161 Å². The molecule has 3 nitrogen and oxygen atoms in total. The zero-order valence-electron chi connectivity index (χ0n) is 16.3. The van der Waals surface area contributed by atoms with Crippen molar-refractivity contribution in [1.29, 1.82) is 0 Å². The molecule has 0 radical (unpaired) electrons. The Balaban J connectivity index is 0.00000126. The molecule has 0 amide bonds. The minimum absolute atomic E-state index is 0.261. The molecule has 0 saturated heterocycles. The molecule has 0 spiro atoms. The summed E-state index contributed by atoms with van der Waals surface area (Å²) in [5, 5.41) is 0. The van der Waals surface area contributed by atoms with Gasteiger partial charge in [-0.3, -0.25) is 4.79 Å². The van der Waals surface area contributed by atoms with Gasteiger partial charge in [-0.2, -0.15) is 0 Å². The fourth-order valence-electron chi connectivity index (χ4n) is 2.88. The van der Waals surface area contributed by atoms with E-state index in [0.29, 0.717) is 0 Å². The zero-order chi connectivity index (χ0) is 19.6. The summed E-state index contributed by atoms with van der Waals surface area (Å²) in [5.74, 6) is 0.148. The Kier molecular flexibility index (Phi) is 7.63. The smallest absolute Gasteiger partial charge is 0.317 e. The molecule has 27 heavy (non-hydrogen) atoms. The topological polar surface area (TPSA) is 35.5 Å². The van der Waals surface area contributed by atoms with Gasteiger partial charge in [0.05, 0.1) is 14.2 Å². The van der Waals surface area contributed by atoms with E-state index in [1.165, 1.54) is 7.11 Å². The van der Waals surface area contributed by atoms with Gasteiger partial charge < -0.3 is 9.47 Å². The van der Waals surface area contributed by atoms with Gasteiger partial charge in [-0.05, 0) is 34.4 Å². The molecule has 3 aromatic carbocycles. The number of methoxy groups -OCH3 is 2. The highest BCUT2D eigenvalue weighted by Crippen LogP contribution is 2.29. The minimum Gasteiger partial charge on any atom is -0.497 e. The van der Waals surface area contributed by atoms with Crippen molar-refractivity contribution < 1.29 is 14.3 Å². The summed E-state index contributed by atoms with van der Waals surface area (Å²) >= 11 is 0. The van der Waals surface area contributed by atoms with Gasteiger partial charge in [-0.25, -0.2) is 0 Å². The van der Waals surface area contributed by atoms with Crippen molar-refractivity contribution >= 4 is 5.97 Å². The van der Waals surface area contributed by atoms with Gasteiger partial charge in [0, 0.05) is 0 Å². The van der Waals surface area contributed by atoms with Crippen LogP contribution in [0.5, 0.6) is 5.75 Å². The molecule has 3 aromatic rings. The average Bonchev–Trinajstić information content (AvgIpc) is 2.76. The second-order valence-electron chi connectivity index (χ2n) is 5.72. The highest BCUT2D eigenvalue weighted by atomic mass is 16.5. The third-order valence-corrected chi connectivity index (χ3v) is 4.24. The van der Waals surface area contributed by atoms with Gasteiger partial charge in [-0.15, -0.1) is 0 Å². The van der Waals surface area contributed by atoms with E-state index in [-0.39, 0.29) is 5.97 Å². The third-order valence-electron chi connectivity index (χ3n) is 4.24. The number of carbonyl (C=O) groups excluding carboxylic acids is 1. The van der Waals surface area contributed by atoms with E-state index in [0.717, 1.165) is 28.0 Å². The lowest BCUT2D eigenvalue weighted by Gasteiger charge is -2.16. The lowest BCUT2D eigenvalue weighted by atomic mass is 9.90. The highest BCUT2D eigenvalue weighted by Gasteiger charge is 2.23. The van der Waals surface area contributed by atoms with Crippen molar-refractivity contribution in [3.8, 4) is 16.9 Å². The molecule has 1 unspecified atom stereocenters. The van der Waals surface area contributed by atoms with Crippen molar-refractivity contribution in [3.05, 3.63) is 90.0 Å². The molecule has 3 heteroatoms. The SMILES string of the molecule is CC.COC(=O)C(c1ccccc1)c1ccc(-c2ccc(OC)cc2)cc1. The molecule has 0 heterocycles. The summed E-state index contributed by atoms with van der Waals surface area (Å²) in [4.78, 5) is 12.3. The second-order valence-corrected chi connectivity index (χ2v) is 5.72. The van der Waals surface area contributed by atoms with Crippen molar-refractivity contribution in [3.63, 3.8) is 0 Å². The van der Waals surface area contributed by atoms with Crippen molar-refractivity contribution in [2.24, 2.45) is 0 Å². The van der Waals surface area contributed by atoms with Crippen LogP contribution in [0.25, 0.3) is 11.1 Å². The van der Waals surface area contributed by atoms with E-state index in [2.05, 4.69) is 0 Å². The summed E-state index contributed by atoms with van der Waals surface area (Å²) in [6.07, 6.45) is 0. The predicted octanol–water partition coefficient (Wildman–Crippen LogP) is 5.69. The Hall–Kier alpha value is -3.07. The maximum absolute atomic E-state index is 12.3. The fourth-order valence-corrected chi connectivity index (χ4v) is 2.88. The van der Waals surface area contributed by atoms with Gasteiger partial charge in [0.2, 0.25) is 0 Å². The first kappa shape index (κ1) is 20.2. The molecule has 0 aliphatic heterocycles. The van der Waals surface area contributed by atoms with Crippen molar-refractivity contribution in [2.75, 3.05) is 14.2 Å². The number of benzene rings is 3. The van der Waals surface area contributed by atoms with Crippen LogP contribution in [0.3, 0.4) is 0 Å². The second kappa shape index (κ2) is 10.2. The monoisotopic (exact) mass is 362 g/mol. The van der Waals surface area contributed by atoms with Gasteiger partial charge in [0.25, 0.3) is 0 Å². The molecule has 0 aliphatic carbocycles. The van der Waals surface area contributed by atoms with Gasteiger partial charge in [0.1, 0.15) is 11.7 Å². The maximum Gasteiger partial charge on any atom is 0.317 e. The van der Waals surface area contributed by atoms with Gasteiger partial charge in [-0.1, -0.05) is 80.6 Å². The summed E-state index contributed by atoms with van der Waals surface area (Å²) < 4.78 is 10.2. The van der Waals surface area contributed by atoms with Crippen LogP contribution in [0, 0.1) is 0 Å². The average molecular weight is 362 g/mol. The van der Waals surface area contributed by atoms with E-state index < -0.39 is 5.92 Å². The fraction of sp³-hybridized carbons (Fsp3) is 0.208. The molecule has 0 aliphatic rings. The van der Waals surface area contributed by atoms with E-state index in [1.807, 2.05) is 92.7 Å². The van der Waals surface area contributed by atoms with Crippen LogP contribution < -0.4 is 4.74 Å². The number of hydrogen-bond donors (Lipinski definition) is 0. The summed E-state index contributed by atoms with van der Waals surface area (Å²) in [5.41, 5.74) is 4.02. The number of hydrogen-bond acceptors (Lipinski definition) is 3. The Morgan fingerprint density at radius 2 is 1.19 bits per heavy atom. The van der Waals surface area contributed by atoms with E-state index >= 15 is 0 Å². The number of carbonyl (C=O) groups is 1. The van der Waals surface area contributed by atoms with Crippen molar-refractivity contribution in [2.45, 2.75) is 19.8 Å². The minimum atomic E-state index is -0.420. The highest BCUT2D eigenvalue weighted by molar-refractivity contribution is 5.82. The Morgan fingerprint density at radius 1 is 0.704 bits per heavy atom. The summed E-state index contributed by atoms with van der Waals surface area (Å²) in [6.45, 7) is 4.00. The Morgan fingerprint density at radius 3 is 1.67 bits per heavy atom. The van der Waals surface area contributed by atoms with Gasteiger partial charge in [0.15, 0.2) is 0 Å². The quantitative estimate of drug-likeness (QED) is 0.547. The van der Waals surface area contributed by atoms with Crippen LogP contribution in [0.1, 0.15) is 30.9 Å². The molecule has 0 fully saturated rings. The van der Waals surface area contributed by atoms with Crippen molar-refractivity contribution in [1.82, 2.24) is 0 Å². The summed E-state index contributed by atoms with van der Waals surface area (Å²) in [7, 11) is 3.07. The van der Waals surface area contributed by atoms with Gasteiger partial charge >= 0.3 is 5.97 Å². The zero-order valence-corrected chi connectivity index (χ0v) is 16.3. The van der Waals surface area contributed by atoms with E-state index in [4.69, 9.17) is 9.47 Å². The molecule has 0 N–H and O–H groups in total. The molecular weight excluding hydrogens is 336 g/mol. The Bertz CT molecular complexity index is 822. The lowest BCUT2D eigenvalue weighted by Crippen LogP contribution is -2.15. The van der Waals surface area contributed by atoms with Crippen LogP contribution in [0.15, 0.2) is 78.9 Å². The molecule has 0 saturated carbocycles. The molecule has 0 aromatic heterocycles. The molecule has 0 bridgehead atoms.